The fourth-order valence-electron chi connectivity index (χ4n) is 1.95. The van der Waals surface area contributed by atoms with E-state index in [1.54, 1.807) is 0 Å². The standard InChI is InChI=1S/C10H18F2N2O2/c1-7-4-13-5-8(7)10(16)14(2-3-15)6-9(11)12/h7-9,13,15H,2-6H2,1H3/t7-,8-/m1/s1. The molecule has 2 N–H and O–H groups in total. The summed E-state index contributed by atoms with van der Waals surface area (Å²) in [4.78, 5) is 13.0. The molecule has 16 heavy (non-hydrogen) atoms. The van der Waals surface area contributed by atoms with Gasteiger partial charge in [-0.1, -0.05) is 6.92 Å². The summed E-state index contributed by atoms with van der Waals surface area (Å²) in [7, 11) is 0. The Balaban J connectivity index is 2.58. The van der Waals surface area contributed by atoms with E-state index < -0.39 is 13.0 Å². The number of hydrogen-bond acceptors (Lipinski definition) is 3. The Bertz CT molecular complexity index is 239. The van der Waals surface area contributed by atoms with Crippen LogP contribution in [0.2, 0.25) is 0 Å². The number of alkyl halides is 2. The van der Waals surface area contributed by atoms with Crippen LogP contribution in [0.5, 0.6) is 0 Å². The van der Waals surface area contributed by atoms with Crippen molar-refractivity contribution < 1.29 is 18.7 Å². The third-order valence-corrected chi connectivity index (χ3v) is 2.87. The van der Waals surface area contributed by atoms with Crippen LogP contribution < -0.4 is 5.32 Å². The zero-order valence-corrected chi connectivity index (χ0v) is 9.33. The van der Waals surface area contributed by atoms with E-state index in [1.807, 2.05) is 6.92 Å². The van der Waals surface area contributed by atoms with E-state index in [-0.39, 0.29) is 30.9 Å². The van der Waals surface area contributed by atoms with Gasteiger partial charge >= 0.3 is 0 Å². The van der Waals surface area contributed by atoms with Gasteiger partial charge in [0.1, 0.15) is 0 Å². The van der Waals surface area contributed by atoms with Crippen molar-refractivity contribution in [2.45, 2.75) is 13.3 Å². The fraction of sp³-hybridized carbons (Fsp3) is 0.900. The summed E-state index contributed by atoms with van der Waals surface area (Å²) in [5, 5.41) is 11.8. The molecule has 0 aromatic rings. The molecule has 6 heteroatoms. The number of nitrogens with zero attached hydrogens (tertiary/aromatic N) is 1. The minimum atomic E-state index is -2.56. The third kappa shape index (κ3) is 3.38. The van der Waals surface area contributed by atoms with Crippen LogP contribution in [0.4, 0.5) is 8.78 Å². The van der Waals surface area contributed by atoms with E-state index in [0.29, 0.717) is 6.54 Å². The first-order chi connectivity index (χ1) is 7.56. The van der Waals surface area contributed by atoms with Crippen LogP contribution >= 0.6 is 0 Å². The molecule has 1 saturated heterocycles. The molecule has 0 unspecified atom stereocenters. The second kappa shape index (κ2) is 6.10. The zero-order valence-electron chi connectivity index (χ0n) is 9.33. The SMILES string of the molecule is C[C@@H]1CNC[C@H]1C(=O)N(CCO)CC(F)F. The maximum Gasteiger partial charge on any atom is 0.255 e. The van der Waals surface area contributed by atoms with Gasteiger partial charge in [-0.05, 0) is 12.5 Å². The number of halogens is 2. The average Bonchev–Trinajstić information content (AvgIpc) is 2.62. The van der Waals surface area contributed by atoms with E-state index in [1.165, 1.54) is 0 Å². The number of carbonyl (C=O) groups excluding carboxylic acids is 1. The molecule has 2 atom stereocenters. The summed E-state index contributed by atoms with van der Waals surface area (Å²) in [6, 6.07) is 0. The molecule has 0 saturated carbocycles. The van der Waals surface area contributed by atoms with Gasteiger partial charge in [0.2, 0.25) is 5.91 Å². The summed E-state index contributed by atoms with van der Waals surface area (Å²) in [6.45, 7) is 2.28. The largest absolute Gasteiger partial charge is 0.395 e. The van der Waals surface area contributed by atoms with Gasteiger partial charge in [-0.3, -0.25) is 4.79 Å². The molecule has 1 heterocycles. The first kappa shape index (κ1) is 13.3. The van der Waals surface area contributed by atoms with Gasteiger partial charge in [0.05, 0.1) is 19.1 Å². The Kier molecular flexibility index (Phi) is 5.08. The monoisotopic (exact) mass is 236 g/mol. The summed E-state index contributed by atoms with van der Waals surface area (Å²) in [5.41, 5.74) is 0. The van der Waals surface area contributed by atoms with Gasteiger partial charge < -0.3 is 15.3 Å². The Hall–Kier alpha value is -0.750. The Labute approximate surface area is 93.6 Å². The molecule has 1 amide bonds. The van der Waals surface area contributed by atoms with Gasteiger partial charge in [-0.2, -0.15) is 0 Å². The van der Waals surface area contributed by atoms with Crippen molar-refractivity contribution in [3.63, 3.8) is 0 Å². The Morgan fingerprint density at radius 2 is 2.25 bits per heavy atom. The molecule has 0 radical (unpaired) electrons. The van der Waals surface area contributed by atoms with Gasteiger partial charge in [0, 0.05) is 13.1 Å². The van der Waals surface area contributed by atoms with Crippen LogP contribution in [-0.2, 0) is 4.79 Å². The molecule has 0 aromatic heterocycles. The highest BCUT2D eigenvalue weighted by atomic mass is 19.3. The van der Waals surface area contributed by atoms with Crippen molar-refractivity contribution in [1.82, 2.24) is 10.2 Å². The van der Waals surface area contributed by atoms with Gasteiger partial charge in [0.25, 0.3) is 6.43 Å². The minimum Gasteiger partial charge on any atom is -0.395 e. The highest BCUT2D eigenvalue weighted by Crippen LogP contribution is 2.19. The van der Waals surface area contributed by atoms with Crippen LogP contribution in [0.1, 0.15) is 6.92 Å². The first-order valence-electron chi connectivity index (χ1n) is 5.44. The van der Waals surface area contributed by atoms with Crippen LogP contribution in [0.25, 0.3) is 0 Å². The molecule has 1 fully saturated rings. The Morgan fingerprint density at radius 3 is 2.69 bits per heavy atom. The molecular formula is C10H18F2N2O2. The van der Waals surface area contributed by atoms with Crippen molar-refractivity contribution >= 4 is 5.91 Å². The molecule has 0 aromatic carbocycles. The molecular weight excluding hydrogens is 218 g/mol. The number of nitrogens with one attached hydrogen (secondary N) is 1. The van der Waals surface area contributed by atoms with Crippen molar-refractivity contribution in [3.05, 3.63) is 0 Å². The van der Waals surface area contributed by atoms with Crippen LogP contribution in [0, 0.1) is 11.8 Å². The lowest BCUT2D eigenvalue weighted by Crippen LogP contribution is -2.42. The van der Waals surface area contributed by atoms with E-state index in [9.17, 15) is 13.6 Å². The smallest absolute Gasteiger partial charge is 0.255 e. The first-order valence-corrected chi connectivity index (χ1v) is 5.44. The summed E-state index contributed by atoms with van der Waals surface area (Å²) in [5.74, 6) is -0.372. The van der Waals surface area contributed by atoms with Crippen molar-refractivity contribution in [2.24, 2.45) is 11.8 Å². The lowest BCUT2D eigenvalue weighted by molar-refractivity contribution is -0.138. The summed E-state index contributed by atoms with van der Waals surface area (Å²) in [6.07, 6.45) is -2.56. The van der Waals surface area contributed by atoms with E-state index in [4.69, 9.17) is 5.11 Å². The molecule has 0 aliphatic carbocycles. The minimum absolute atomic E-state index is 0.0214. The molecule has 4 nitrogen and oxygen atoms in total. The van der Waals surface area contributed by atoms with Crippen molar-refractivity contribution in [2.75, 3.05) is 32.8 Å². The van der Waals surface area contributed by atoms with E-state index >= 15 is 0 Å². The van der Waals surface area contributed by atoms with Gasteiger partial charge in [-0.25, -0.2) is 8.78 Å². The second-order valence-corrected chi connectivity index (χ2v) is 4.14. The maximum atomic E-state index is 12.3. The maximum absolute atomic E-state index is 12.3. The lowest BCUT2D eigenvalue weighted by atomic mass is 9.96. The van der Waals surface area contributed by atoms with Gasteiger partial charge in [-0.15, -0.1) is 0 Å². The summed E-state index contributed by atoms with van der Waals surface area (Å²) >= 11 is 0. The van der Waals surface area contributed by atoms with Crippen LogP contribution in [0.3, 0.4) is 0 Å². The van der Waals surface area contributed by atoms with Gasteiger partial charge in [0.15, 0.2) is 0 Å². The Morgan fingerprint density at radius 1 is 1.56 bits per heavy atom. The highest BCUT2D eigenvalue weighted by Gasteiger charge is 2.33. The predicted octanol–water partition coefficient (Wildman–Crippen LogP) is -0.0721. The molecule has 94 valence electrons. The highest BCUT2D eigenvalue weighted by molar-refractivity contribution is 5.79. The third-order valence-electron chi connectivity index (χ3n) is 2.87. The van der Waals surface area contributed by atoms with E-state index in [0.717, 1.165) is 11.4 Å². The number of amides is 1. The van der Waals surface area contributed by atoms with Crippen molar-refractivity contribution in [1.29, 1.82) is 0 Å². The second-order valence-electron chi connectivity index (χ2n) is 4.14. The number of aliphatic hydroxyl groups is 1. The quantitative estimate of drug-likeness (QED) is 0.702. The molecule has 0 spiro atoms. The predicted molar refractivity (Wildman–Crippen MR) is 55.2 cm³/mol. The lowest BCUT2D eigenvalue weighted by Gasteiger charge is -2.25. The van der Waals surface area contributed by atoms with Crippen LogP contribution in [0.15, 0.2) is 0 Å². The average molecular weight is 236 g/mol. The molecule has 1 aliphatic heterocycles. The molecule has 1 aliphatic rings. The molecule has 0 bridgehead atoms. The normalized spacial score (nSPS) is 25.1. The van der Waals surface area contributed by atoms with E-state index in [2.05, 4.69) is 5.32 Å². The number of rotatable bonds is 5. The number of carbonyl (C=O) groups is 1. The summed E-state index contributed by atoms with van der Waals surface area (Å²) < 4.78 is 24.5. The number of aliphatic hydroxyl groups excluding tert-OH is 1. The number of hydrogen-bond donors (Lipinski definition) is 2. The zero-order chi connectivity index (χ0) is 12.1. The van der Waals surface area contributed by atoms with Crippen LogP contribution in [-0.4, -0.2) is 55.1 Å². The van der Waals surface area contributed by atoms with Crippen molar-refractivity contribution in [3.8, 4) is 0 Å². The topological polar surface area (TPSA) is 52.6 Å². The molecule has 1 rings (SSSR count). The fourth-order valence-corrected chi connectivity index (χ4v) is 1.95.